The van der Waals surface area contributed by atoms with Crippen molar-refractivity contribution in [1.82, 2.24) is 14.6 Å². The molecule has 0 aliphatic carbocycles. The second kappa shape index (κ2) is 6.93. The average molecular weight is 381 g/mol. The zero-order valence-corrected chi connectivity index (χ0v) is 15.5. The van der Waals surface area contributed by atoms with Gasteiger partial charge in [0, 0.05) is 11.3 Å². The lowest BCUT2D eigenvalue weighted by Crippen LogP contribution is -2.23. The van der Waals surface area contributed by atoms with Gasteiger partial charge >= 0.3 is 0 Å². The standard InChI is InChI=1S/C19H15N3O2S2/c1-25-15-8-4-13(5-9-15)11-17-20-19-22(21-17)18(24)16(26-19)10-12-2-6-14(23)7-3-12/h2-10,23H,11H2,1H3/b16-10-. The van der Waals surface area contributed by atoms with Gasteiger partial charge in [-0.2, -0.15) is 4.52 Å². The molecule has 1 N–H and O–H groups in total. The summed E-state index contributed by atoms with van der Waals surface area (Å²) in [6.07, 6.45) is 4.42. The quantitative estimate of drug-likeness (QED) is 0.551. The summed E-state index contributed by atoms with van der Waals surface area (Å²) in [6.45, 7) is 0. The van der Waals surface area contributed by atoms with Crippen LogP contribution in [0, 0.1) is 0 Å². The van der Waals surface area contributed by atoms with Gasteiger partial charge in [-0.05, 0) is 47.7 Å². The first-order valence-corrected chi connectivity index (χ1v) is 9.98. The second-order valence-corrected chi connectivity index (χ2v) is 7.64. The van der Waals surface area contributed by atoms with Crippen LogP contribution in [0.5, 0.6) is 5.75 Å². The number of benzene rings is 2. The van der Waals surface area contributed by atoms with Gasteiger partial charge in [-0.3, -0.25) is 4.79 Å². The molecule has 2 aromatic heterocycles. The fourth-order valence-corrected chi connectivity index (χ4v) is 3.93. The third-order valence-electron chi connectivity index (χ3n) is 3.94. The highest BCUT2D eigenvalue weighted by Gasteiger charge is 2.11. The van der Waals surface area contributed by atoms with Crippen LogP contribution in [0.25, 0.3) is 11.0 Å². The Bertz CT molecular complexity index is 1160. The molecule has 0 spiro atoms. The van der Waals surface area contributed by atoms with Gasteiger partial charge in [0.25, 0.3) is 5.56 Å². The summed E-state index contributed by atoms with van der Waals surface area (Å²) in [7, 11) is 0. The van der Waals surface area contributed by atoms with E-state index in [0.29, 0.717) is 21.7 Å². The highest BCUT2D eigenvalue weighted by molar-refractivity contribution is 7.98. The van der Waals surface area contributed by atoms with Gasteiger partial charge in [0.1, 0.15) is 5.75 Å². The summed E-state index contributed by atoms with van der Waals surface area (Å²) in [4.78, 5) is 18.8. The number of hydrogen-bond acceptors (Lipinski definition) is 6. The minimum Gasteiger partial charge on any atom is -0.508 e. The van der Waals surface area contributed by atoms with Crippen LogP contribution in [0.15, 0.2) is 58.2 Å². The van der Waals surface area contributed by atoms with Crippen LogP contribution in [0.4, 0.5) is 0 Å². The number of thiazole rings is 1. The Morgan fingerprint density at radius 3 is 2.54 bits per heavy atom. The van der Waals surface area contributed by atoms with Gasteiger partial charge in [-0.1, -0.05) is 35.6 Å². The molecule has 0 unspecified atom stereocenters. The first-order chi connectivity index (χ1) is 12.6. The van der Waals surface area contributed by atoms with Crippen molar-refractivity contribution in [2.45, 2.75) is 11.3 Å². The Hall–Kier alpha value is -2.64. The van der Waals surface area contributed by atoms with E-state index in [1.807, 2.05) is 6.26 Å². The molecule has 2 heterocycles. The molecule has 7 heteroatoms. The van der Waals surface area contributed by atoms with Crippen LogP contribution in [0.3, 0.4) is 0 Å². The molecule has 26 heavy (non-hydrogen) atoms. The molecule has 5 nitrogen and oxygen atoms in total. The topological polar surface area (TPSA) is 67.5 Å². The van der Waals surface area contributed by atoms with Gasteiger partial charge in [0.15, 0.2) is 5.82 Å². The molecule has 2 aromatic carbocycles. The number of aromatic hydroxyl groups is 1. The van der Waals surface area contributed by atoms with Crippen LogP contribution >= 0.6 is 23.1 Å². The van der Waals surface area contributed by atoms with Gasteiger partial charge < -0.3 is 5.11 Å². The highest BCUT2D eigenvalue weighted by Crippen LogP contribution is 2.16. The lowest BCUT2D eigenvalue weighted by molar-refractivity contribution is 0.475. The molecule has 0 amide bonds. The molecule has 0 saturated carbocycles. The van der Waals surface area contributed by atoms with Crippen molar-refractivity contribution < 1.29 is 5.11 Å². The van der Waals surface area contributed by atoms with E-state index in [4.69, 9.17) is 0 Å². The maximum Gasteiger partial charge on any atom is 0.291 e. The van der Waals surface area contributed by atoms with E-state index in [1.54, 1.807) is 42.1 Å². The Kier molecular flexibility index (Phi) is 4.48. The fraction of sp³-hybridized carbons (Fsp3) is 0.105. The molecule has 0 saturated heterocycles. The number of nitrogens with zero attached hydrogens (tertiary/aromatic N) is 3. The third-order valence-corrected chi connectivity index (χ3v) is 5.64. The Labute approximate surface area is 157 Å². The molecular formula is C19H15N3O2S2. The summed E-state index contributed by atoms with van der Waals surface area (Å²) in [6, 6.07) is 15.0. The van der Waals surface area contributed by atoms with Gasteiger partial charge in [-0.15, -0.1) is 16.9 Å². The number of phenols is 1. The van der Waals surface area contributed by atoms with Crippen molar-refractivity contribution in [3.05, 3.63) is 80.4 Å². The van der Waals surface area contributed by atoms with E-state index < -0.39 is 0 Å². The number of fused-ring (bicyclic) bond motifs is 1. The number of thioether (sulfide) groups is 1. The lowest BCUT2D eigenvalue weighted by Gasteiger charge is -1.99. The molecule has 0 aliphatic rings. The minimum absolute atomic E-state index is 0.172. The zero-order valence-electron chi connectivity index (χ0n) is 13.9. The monoisotopic (exact) mass is 381 g/mol. The molecule has 0 atom stereocenters. The zero-order chi connectivity index (χ0) is 18.1. The largest absolute Gasteiger partial charge is 0.508 e. The van der Waals surface area contributed by atoms with Gasteiger partial charge in [0.05, 0.1) is 4.53 Å². The number of rotatable bonds is 4. The van der Waals surface area contributed by atoms with Crippen LogP contribution < -0.4 is 10.1 Å². The van der Waals surface area contributed by atoms with Crippen molar-refractivity contribution in [1.29, 1.82) is 0 Å². The maximum atomic E-state index is 12.5. The normalized spacial score (nSPS) is 12.1. The van der Waals surface area contributed by atoms with Crippen LogP contribution in [-0.4, -0.2) is 26.0 Å². The number of hydrogen-bond donors (Lipinski definition) is 1. The SMILES string of the molecule is CSc1ccc(Cc2nc3s/c(=C\c4ccc(O)cc4)c(=O)n3n2)cc1. The maximum absolute atomic E-state index is 12.5. The van der Waals surface area contributed by atoms with Crippen molar-refractivity contribution in [3.8, 4) is 5.75 Å². The predicted octanol–water partition coefficient (Wildman–Crippen LogP) is 2.72. The van der Waals surface area contributed by atoms with Crippen molar-refractivity contribution in [2.24, 2.45) is 0 Å². The van der Waals surface area contributed by atoms with E-state index in [2.05, 4.69) is 34.3 Å². The Morgan fingerprint density at radius 1 is 1.15 bits per heavy atom. The van der Waals surface area contributed by atoms with E-state index >= 15 is 0 Å². The Morgan fingerprint density at radius 2 is 1.88 bits per heavy atom. The van der Waals surface area contributed by atoms with Crippen LogP contribution in [-0.2, 0) is 6.42 Å². The number of phenolic OH excluding ortho intramolecular Hbond substituents is 1. The van der Waals surface area contributed by atoms with Crippen LogP contribution in [0.1, 0.15) is 17.0 Å². The van der Waals surface area contributed by atoms with Crippen molar-refractivity contribution in [3.63, 3.8) is 0 Å². The number of aromatic nitrogens is 3. The van der Waals surface area contributed by atoms with E-state index in [-0.39, 0.29) is 11.3 Å². The van der Waals surface area contributed by atoms with Crippen molar-refractivity contribution >= 4 is 34.1 Å². The summed E-state index contributed by atoms with van der Waals surface area (Å²) in [5.41, 5.74) is 1.79. The van der Waals surface area contributed by atoms with E-state index in [0.717, 1.165) is 11.1 Å². The molecule has 0 bridgehead atoms. The summed E-state index contributed by atoms with van der Waals surface area (Å²) in [5, 5.41) is 13.7. The summed E-state index contributed by atoms with van der Waals surface area (Å²) in [5.74, 6) is 0.837. The van der Waals surface area contributed by atoms with E-state index in [1.165, 1.54) is 20.7 Å². The molecular weight excluding hydrogens is 366 g/mol. The first kappa shape index (κ1) is 16.8. The molecule has 0 radical (unpaired) electrons. The molecule has 4 rings (SSSR count). The molecule has 130 valence electrons. The molecule has 4 aromatic rings. The second-order valence-electron chi connectivity index (χ2n) is 5.75. The van der Waals surface area contributed by atoms with Crippen molar-refractivity contribution in [2.75, 3.05) is 6.26 Å². The summed E-state index contributed by atoms with van der Waals surface area (Å²) < 4.78 is 1.93. The predicted molar refractivity (Wildman–Crippen MR) is 105 cm³/mol. The first-order valence-electron chi connectivity index (χ1n) is 7.94. The summed E-state index contributed by atoms with van der Waals surface area (Å²) >= 11 is 3.02. The highest BCUT2D eigenvalue weighted by atomic mass is 32.2. The minimum atomic E-state index is -0.172. The Balaban J connectivity index is 1.64. The molecule has 0 aliphatic heterocycles. The van der Waals surface area contributed by atoms with Gasteiger partial charge in [-0.25, -0.2) is 4.98 Å². The van der Waals surface area contributed by atoms with Gasteiger partial charge in [0.2, 0.25) is 4.96 Å². The van der Waals surface area contributed by atoms with Crippen LogP contribution in [0.2, 0.25) is 0 Å². The third kappa shape index (κ3) is 3.36. The lowest BCUT2D eigenvalue weighted by atomic mass is 10.1. The molecule has 0 fully saturated rings. The average Bonchev–Trinajstić information content (AvgIpc) is 3.17. The fourth-order valence-electron chi connectivity index (χ4n) is 2.60. The van der Waals surface area contributed by atoms with E-state index in [9.17, 15) is 9.90 Å². The smallest absolute Gasteiger partial charge is 0.291 e.